The van der Waals surface area contributed by atoms with E-state index in [0.717, 1.165) is 42.9 Å². The van der Waals surface area contributed by atoms with Crippen LogP contribution in [0.2, 0.25) is 0 Å². The first kappa shape index (κ1) is 15.6. The Hall–Kier alpha value is -1.48. The number of methoxy groups -OCH3 is 1. The summed E-state index contributed by atoms with van der Waals surface area (Å²) in [6.07, 6.45) is 7.28. The quantitative estimate of drug-likeness (QED) is 0.520. The molecular weight excluding hydrogens is 238 g/mol. The molecule has 0 atom stereocenters. The van der Waals surface area contributed by atoms with Crippen molar-refractivity contribution in [3.8, 4) is 11.5 Å². The van der Waals surface area contributed by atoms with Crippen molar-refractivity contribution in [1.29, 1.82) is 0 Å². The van der Waals surface area contributed by atoms with Crippen molar-refractivity contribution in [3.05, 3.63) is 36.4 Å². The van der Waals surface area contributed by atoms with Gasteiger partial charge in [0.2, 0.25) is 0 Å². The lowest BCUT2D eigenvalue weighted by Crippen LogP contribution is -2.06. The predicted molar refractivity (Wildman–Crippen MR) is 79.9 cm³/mol. The van der Waals surface area contributed by atoms with Gasteiger partial charge in [0.25, 0.3) is 0 Å². The lowest BCUT2D eigenvalue weighted by molar-refractivity contribution is 0.300. The molecule has 3 heteroatoms. The van der Waals surface area contributed by atoms with E-state index in [-0.39, 0.29) is 0 Å². The summed E-state index contributed by atoms with van der Waals surface area (Å²) in [5.74, 6) is 1.72. The minimum absolute atomic E-state index is 0.627. The Kier molecular flexibility index (Phi) is 7.75. The molecule has 1 aromatic carbocycles. The molecule has 0 saturated heterocycles. The monoisotopic (exact) mass is 263 g/mol. The third kappa shape index (κ3) is 5.79. The summed E-state index contributed by atoms with van der Waals surface area (Å²) in [6.45, 7) is 5.09. The van der Waals surface area contributed by atoms with Crippen LogP contribution in [0.4, 0.5) is 0 Å². The highest BCUT2D eigenvalue weighted by Gasteiger charge is 2.05. The molecule has 0 aromatic heterocycles. The van der Waals surface area contributed by atoms with E-state index in [1.165, 1.54) is 12.8 Å². The van der Waals surface area contributed by atoms with Crippen LogP contribution in [0.5, 0.6) is 11.5 Å². The lowest BCUT2D eigenvalue weighted by atomic mass is 10.1. The molecule has 0 unspecified atom stereocenters. The molecule has 0 aliphatic carbocycles. The third-order valence-electron chi connectivity index (χ3n) is 3.00. The molecule has 0 aliphatic rings. The number of ether oxygens (including phenoxy) is 2. The van der Waals surface area contributed by atoms with Crippen LogP contribution in [0.15, 0.2) is 30.9 Å². The molecule has 0 saturated carbocycles. The molecule has 0 radical (unpaired) electrons. The number of hydrogen-bond acceptors (Lipinski definition) is 3. The van der Waals surface area contributed by atoms with Crippen molar-refractivity contribution >= 4 is 0 Å². The summed E-state index contributed by atoms with van der Waals surface area (Å²) >= 11 is 0. The normalized spacial score (nSPS) is 10.2. The van der Waals surface area contributed by atoms with Gasteiger partial charge in [0, 0.05) is 6.07 Å². The average Bonchev–Trinajstić information content (AvgIpc) is 2.44. The van der Waals surface area contributed by atoms with Crippen molar-refractivity contribution in [2.45, 2.75) is 32.1 Å². The number of unbranched alkanes of at least 4 members (excludes halogenated alkanes) is 3. The fourth-order valence-electron chi connectivity index (χ4n) is 1.91. The lowest BCUT2D eigenvalue weighted by Gasteiger charge is -2.12. The Balaban J connectivity index is 2.47. The maximum absolute atomic E-state index is 5.85. The van der Waals surface area contributed by atoms with E-state index in [0.29, 0.717) is 6.54 Å². The second-order valence-corrected chi connectivity index (χ2v) is 4.50. The Morgan fingerprint density at radius 1 is 1.26 bits per heavy atom. The average molecular weight is 263 g/mol. The molecule has 3 nitrogen and oxygen atoms in total. The standard InChI is InChI=1S/C16H25NO2/c1-3-4-5-6-7-12-19-16-13-15(18-2)9-8-14(16)10-11-17/h3,8-9,13H,1,4-7,10-12,17H2,2H3. The zero-order valence-electron chi connectivity index (χ0n) is 11.9. The van der Waals surface area contributed by atoms with Crippen molar-refractivity contribution in [2.75, 3.05) is 20.3 Å². The molecule has 2 N–H and O–H groups in total. The van der Waals surface area contributed by atoms with E-state index >= 15 is 0 Å². The first-order chi connectivity index (χ1) is 9.31. The highest BCUT2D eigenvalue weighted by Crippen LogP contribution is 2.25. The van der Waals surface area contributed by atoms with Crippen LogP contribution in [0.3, 0.4) is 0 Å². The summed E-state index contributed by atoms with van der Waals surface area (Å²) in [5, 5.41) is 0. The number of benzene rings is 1. The summed E-state index contributed by atoms with van der Waals surface area (Å²) in [4.78, 5) is 0. The van der Waals surface area contributed by atoms with Crippen LogP contribution >= 0.6 is 0 Å². The molecule has 0 spiro atoms. The van der Waals surface area contributed by atoms with Gasteiger partial charge in [0.1, 0.15) is 11.5 Å². The summed E-state index contributed by atoms with van der Waals surface area (Å²) in [6, 6.07) is 5.91. The predicted octanol–water partition coefficient (Wildman–Crippen LogP) is 3.32. The first-order valence-corrected chi connectivity index (χ1v) is 6.92. The Morgan fingerprint density at radius 3 is 2.79 bits per heavy atom. The van der Waals surface area contributed by atoms with Crippen molar-refractivity contribution in [1.82, 2.24) is 0 Å². The second kappa shape index (κ2) is 9.45. The highest BCUT2D eigenvalue weighted by molar-refractivity contribution is 5.40. The van der Waals surface area contributed by atoms with Gasteiger partial charge in [-0.15, -0.1) is 6.58 Å². The van der Waals surface area contributed by atoms with Crippen molar-refractivity contribution in [3.63, 3.8) is 0 Å². The molecule has 19 heavy (non-hydrogen) atoms. The summed E-state index contributed by atoms with van der Waals surface area (Å²) in [7, 11) is 1.66. The first-order valence-electron chi connectivity index (χ1n) is 6.92. The van der Waals surface area contributed by atoms with E-state index in [9.17, 15) is 0 Å². The molecule has 0 amide bonds. The fourth-order valence-corrected chi connectivity index (χ4v) is 1.91. The van der Waals surface area contributed by atoms with Gasteiger partial charge >= 0.3 is 0 Å². The molecular formula is C16H25NO2. The van der Waals surface area contributed by atoms with Gasteiger partial charge in [0.15, 0.2) is 0 Å². The molecule has 0 fully saturated rings. The maximum atomic E-state index is 5.85. The number of nitrogens with two attached hydrogens (primary N) is 1. The zero-order valence-corrected chi connectivity index (χ0v) is 11.9. The van der Waals surface area contributed by atoms with Gasteiger partial charge < -0.3 is 15.2 Å². The van der Waals surface area contributed by atoms with Gasteiger partial charge in [-0.25, -0.2) is 0 Å². The molecule has 1 rings (SSSR count). The second-order valence-electron chi connectivity index (χ2n) is 4.50. The minimum atomic E-state index is 0.627. The van der Waals surface area contributed by atoms with Crippen LogP contribution in [0, 0.1) is 0 Å². The molecule has 0 aliphatic heterocycles. The van der Waals surface area contributed by atoms with E-state index in [1.807, 2.05) is 24.3 Å². The van der Waals surface area contributed by atoms with Crippen LogP contribution < -0.4 is 15.2 Å². The minimum Gasteiger partial charge on any atom is -0.497 e. The van der Waals surface area contributed by atoms with E-state index < -0.39 is 0 Å². The van der Waals surface area contributed by atoms with E-state index in [1.54, 1.807) is 7.11 Å². The third-order valence-corrected chi connectivity index (χ3v) is 3.00. The van der Waals surface area contributed by atoms with Crippen LogP contribution in [0.25, 0.3) is 0 Å². The Bertz CT molecular complexity index is 377. The van der Waals surface area contributed by atoms with Gasteiger partial charge in [-0.3, -0.25) is 0 Å². The number of hydrogen-bond donors (Lipinski definition) is 1. The number of rotatable bonds is 10. The van der Waals surface area contributed by atoms with Gasteiger partial charge in [-0.1, -0.05) is 12.1 Å². The fraction of sp³-hybridized carbons (Fsp3) is 0.500. The van der Waals surface area contributed by atoms with Crippen molar-refractivity contribution < 1.29 is 9.47 Å². The van der Waals surface area contributed by atoms with Gasteiger partial charge in [-0.2, -0.15) is 0 Å². The molecule has 0 bridgehead atoms. The van der Waals surface area contributed by atoms with E-state index in [2.05, 4.69) is 6.58 Å². The largest absolute Gasteiger partial charge is 0.497 e. The van der Waals surface area contributed by atoms with E-state index in [4.69, 9.17) is 15.2 Å². The molecule has 1 aromatic rings. The highest BCUT2D eigenvalue weighted by atomic mass is 16.5. The van der Waals surface area contributed by atoms with Crippen LogP contribution in [-0.2, 0) is 6.42 Å². The topological polar surface area (TPSA) is 44.5 Å². The Labute approximate surface area is 116 Å². The maximum Gasteiger partial charge on any atom is 0.126 e. The van der Waals surface area contributed by atoms with Crippen LogP contribution in [0.1, 0.15) is 31.2 Å². The number of allylic oxidation sites excluding steroid dienone is 1. The SMILES string of the molecule is C=CCCCCCOc1cc(OC)ccc1CCN. The summed E-state index contributed by atoms with van der Waals surface area (Å²) < 4.78 is 11.1. The van der Waals surface area contributed by atoms with Crippen molar-refractivity contribution in [2.24, 2.45) is 5.73 Å². The molecule has 106 valence electrons. The Morgan fingerprint density at radius 2 is 2.11 bits per heavy atom. The van der Waals surface area contributed by atoms with Gasteiger partial charge in [0.05, 0.1) is 13.7 Å². The zero-order chi connectivity index (χ0) is 13.9. The molecule has 0 heterocycles. The smallest absolute Gasteiger partial charge is 0.126 e. The summed E-state index contributed by atoms with van der Waals surface area (Å²) in [5.41, 5.74) is 6.76. The van der Waals surface area contributed by atoms with Crippen LogP contribution in [-0.4, -0.2) is 20.3 Å². The van der Waals surface area contributed by atoms with Gasteiger partial charge in [-0.05, 0) is 50.3 Å².